The zero-order valence-corrected chi connectivity index (χ0v) is 18.6. The first-order valence-corrected chi connectivity index (χ1v) is 11.7. The Morgan fingerprint density at radius 2 is 1.81 bits per heavy atom. The Kier molecular flexibility index (Phi) is 7.41. The molecule has 0 saturated carbocycles. The molecule has 1 fully saturated rings. The van der Waals surface area contributed by atoms with Gasteiger partial charge in [0.1, 0.15) is 10.6 Å². The van der Waals surface area contributed by atoms with Crippen LogP contribution >= 0.6 is 0 Å². The predicted octanol–water partition coefficient (Wildman–Crippen LogP) is 2.09. The molecule has 1 saturated heterocycles. The van der Waals surface area contributed by atoms with Crippen LogP contribution in [0, 0.1) is 0 Å². The number of amides is 3. The van der Waals surface area contributed by atoms with Gasteiger partial charge < -0.3 is 26.0 Å². The van der Waals surface area contributed by atoms with Gasteiger partial charge in [-0.2, -0.15) is 0 Å². The van der Waals surface area contributed by atoms with Crippen molar-refractivity contribution in [2.75, 3.05) is 41.7 Å². The monoisotopic (exact) mass is 461 g/mol. The first-order valence-electron chi connectivity index (χ1n) is 10.2. The molecule has 11 heteroatoms. The van der Waals surface area contributed by atoms with Crippen LogP contribution in [0.1, 0.15) is 19.3 Å². The maximum Gasteiger partial charge on any atom is 0.312 e. The van der Waals surface area contributed by atoms with Crippen LogP contribution in [0.2, 0.25) is 0 Å². The maximum atomic E-state index is 13.4. The summed E-state index contributed by atoms with van der Waals surface area (Å²) in [6.45, 7) is 1.15. The third kappa shape index (κ3) is 5.82. The van der Waals surface area contributed by atoms with Crippen LogP contribution in [0.5, 0.6) is 5.75 Å². The molecule has 172 valence electrons. The Bertz CT molecular complexity index is 1080. The summed E-state index contributed by atoms with van der Waals surface area (Å²) in [6.07, 6.45) is 3.03. The lowest BCUT2D eigenvalue weighted by molar-refractivity contribution is -0.115. The van der Waals surface area contributed by atoms with Gasteiger partial charge in [0.25, 0.3) is 10.0 Å². The van der Waals surface area contributed by atoms with Gasteiger partial charge in [0.15, 0.2) is 0 Å². The number of carbonyl (C=O) groups excluding carboxylic acids is 2. The Hall–Kier alpha value is -3.47. The molecule has 1 aliphatic rings. The van der Waals surface area contributed by atoms with Crippen LogP contribution in [-0.4, -0.2) is 47.1 Å². The summed E-state index contributed by atoms with van der Waals surface area (Å²) in [4.78, 5) is 24.9. The molecule has 0 atom stereocenters. The Morgan fingerprint density at radius 1 is 1.09 bits per heavy atom. The number of primary amides is 1. The van der Waals surface area contributed by atoms with Crippen LogP contribution in [0.4, 0.5) is 21.9 Å². The highest BCUT2D eigenvalue weighted by Crippen LogP contribution is 2.33. The van der Waals surface area contributed by atoms with Crippen molar-refractivity contribution in [2.24, 2.45) is 5.73 Å². The summed E-state index contributed by atoms with van der Waals surface area (Å²) in [6, 6.07) is 10.6. The van der Waals surface area contributed by atoms with Crippen molar-refractivity contribution in [3.63, 3.8) is 0 Å². The Balaban J connectivity index is 1.95. The van der Waals surface area contributed by atoms with Gasteiger partial charge in [-0.05, 0) is 49.6 Å². The molecular formula is C21H27N5O5S. The van der Waals surface area contributed by atoms with E-state index in [4.69, 9.17) is 10.5 Å². The molecule has 32 heavy (non-hydrogen) atoms. The maximum absolute atomic E-state index is 13.4. The predicted molar refractivity (Wildman–Crippen MR) is 123 cm³/mol. The highest BCUT2D eigenvalue weighted by molar-refractivity contribution is 7.93. The summed E-state index contributed by atoms with van der Waals surface area (Å²) < 4.78 is 34.7. The molecule has 10 nitrogen and oxygen atoms in total. The molecule has 3 amide bonds. The lowest BCUT2D eigenvalue weighted by atomic mass is 10.1. The summed E-state index contributed by atoms with van der Waals surface area (Å²) in [5, 5.41) is 4.77. The average molecular weight is 462 g/mol. The molecule has 3 rings (SSSR count). The van der Waals surface area contributed by atoms with Gasteiger partial charge in [0.05, 0.1) is 25.0 Å². The molecule has 0 aliphatic carbocycles. The van der Waals surface area contributed by atoms with Gasteiger partial charge in [0.2, 0.25) is 5.91 Å². The van der Waals surface area contributed by atoms with E-state index in [1.165, 1.54) is 13.2 Å². The molecule has 1 heterocycles. The molecular weight excluding hydrogens is 434 g/mol. The van der Waals surface area contributed by atoms with E-state index in [0.29, 0.717) is 17.1 Å². The number of anilines is 3. The van der Waals surface area contributed by atoms with E-state index >= 15 is 0 Å². The minimum atomic E-state index is -4.02. The van der Waals surface area contributed by atoms with Gasteiger partial charge >= 0.3 is 6.03 Å². The number of sulfonamides is 1. The quantitative estimate of drug-likeness (QED) is 0.474. The third-order valence-corrected chi connectivity index (χ3v) is 6.40. The van der Waals surface area contributed by atoms with E-state index in [-0.39, 0.29) is 17.1 Å². The fraction of sp³-hybridized carbons (Fsp3) is 0.333. The topological polar surface area (TPSA) is 143 Å². The van der Waals surface area contributed by atoms with Crippen molar-refractivity contribution >= 4 is 39.0 Å². The van der Waals surface area contributed by atoms with E-state index in [0.717, 1.165) is 32.4 Å². The zero-order chi connectivity index (χ0) is 23.1. The molecule has 0 aromatic heterocycles. The normalized spacial score (nSPS) is 13.8. The van der Waals surface area contributed by atoms with E-state index in [9.17, 15) is 18.0 Å². The van der Waals surface area contributed by atoms with Gasteiger partial charge in [0, 0.05) is 18.8 Å². The largest absolute Gasteiger partial charge is 0.495 e. The number of para-hydroxylation sites is 2. The van der Waals surface area contributed by atoms with Crippen LogP contribution in [0.15, 0.2) is 47.4 Å². The Morgan fingerprint density at radius 3 is 2.50 bits per heavy atom. The van der Waals surface area contributed by atoms with Gasteiger partial charge in [-0.1, -0.05) is 12.1 Å². The summed E-state index contributed by atoms with van der Waals surface area (Å²) in [5.74, 6) is -0.145. The van der Waals surface area contributed by atoms with E-state index in [2.05, 4.69) is 15.4 Å². The standard InChI is InChI=1S/C21H27N5O5S/c1-31-18-8-4-3-7-16(18)25-32(29,30)19-13-15(24-20(27)14-23-21(22)28)9-10-17(19)26-11-5-2-6-12-26/h3-4,7-10,13,25H,2,5-6,11-12,14H2,1H3,(H,24,27)(H3,22,23,28). The third-order valence-electron chi connectivity index (χ3n) is 5.00. The highest BCUT2D eigenvalue weighted by atomic mass is 32.2. The van der Waals surface area contributed by atoms with E-state index < -0.39 is 22.0 Å². The smallest absolute Gasteiger partial charge is 0.312 e. The SMILES string of the molecule is COc1ccccc1NS(=O)(=O)c1cc(NC(=O)CNC(N)=O)ccc1N1CCCCC1. The first kappa shape index (κ1) is 23.2. The molecule has 0 spiro atoms. The second-order valence-electron chi connectivity index (χ2n) is 7.30. The van der Waals surface area contributed by atoms with Gasteiger partial charge in [-0.3, -0.25) is 9.52 Å². The number of carbonyl (C=O) groups is 2. The Labute approximate surface area is 187 Å². The van der Waals surface area contributed by atoms with Crippen molar-refractivity contribution < 1.29 is 22.7 Å². The molecule has 2 aromatic rings. The second-order valence-corrected chi connectivity index (χ2v) is 8.95. The molecule has 0 unspecified atom stereocenters. The number of nitrogens with two attached hydrogens (primary N) is 1. The highest BCUT2D eigenvalue weighted by Gasteiger charge is 2.25. The number of hydrogen-bond donors (Lipinski definition) is 4. The summed E-state index contributed by atoms with van der Waals surface area (Å²) in [5.41, 5.74) is 6.12. The number of methoxy groups -OCH3 is 1. The molecule has 0 radical (unpaired) electrons. The average Bonchev–Trinajstić information content (AvgIpc) is 2.78. The van der Waals surface area contributed by atoms with Crippen molar-refractivity contribution in [2.45, 2.75) is 24.2 Å². The molecule has 2 aromatic carbocycles. The number of urea groups is 1. The lowest BCUT2D eigenvalue weighted by Gasteiger charge is -2.30. The lowest BCUT2D eigenvalue weighted by Crippen LogP contribution is -2.36. The van der Waals surface area contributed by atoms with Crippen molar-refractivity contribution in [3.8, 4) is 5.75 Å². The van der Waals surface area contributed by atoms with Crippen molar-refractivity contribution in [1.29, 1.82) is 0 Å². The number of rotatable bonds is 8. The van der Waals surface area contributed by atoms with Crippen LogP contribution < -0.4 is 30.7 Å². The molecule has 5 N–H and O–H groups in total. The zero-order valence-electron chi connectivity index (χ0n) is 17.8. The number of hydrogen-bond acceptors (Lipinski definition) is 6. The second kappa shape index (κ2) is 10.2. The number of piperidine rings is 1. The van der Waals surface area contributed by atoms with Crippen molar-refractivity contribution in [1.82, 2.24) is 5.32 Å². The van der Waals surface area contributed by atoms with E-state index in [1.54, 1.807) is 36.4 Å². The number of ether oxygens (including phenoxy) is 1. The number of benzene rings is 2. The molecule has 0 bridgehead atoms. The molecule has 1 aliphatic heterocycles. The fourth-order valence-corrected chi connectivity index (χ4v) is 4.83. The first-order chi connectivity index (χ1) is 15.3. The van der Waals surface area contributed by atoms with Gasteiger partial charge in [-0.15, -0.1) is 0 Å². The van der Waals surface area contributed by atoms with E-state index in [1.807, 2.05) is 4.90 Å². The fourth-order valence-electron chi connectivity index (χ4n) is 3.50. The van der Waals surface area contributed by atoms with Crippen LogP contribution in [-0.2, 0) is 14.8 Å². The minimum Gasteiger partial charge on any atom is -0.495 e. The number of nitrogens with zero attached hydrogens (tertiary/aromatic N) is 1. The van der Waals surface area contributed by atoms with Crippen LogP contribution in [0.3, 0.4) is 0 Å². The van der Waals surface area contributed by atoms with Crippen molar-refractivity contribution in [3.05, 3.63) is 42.5 Å². The minimum absolute atomic E-state index is 0.0333. The summed E-state index contributed by atoms with van der Waals surface area (Å²) >= 11 is 0. The van der Waals surface area contributed by atoms with Gasteiger partial charge in [-0.25, -0.2) is 13.2 Å². The summed E-state index contributed by atoms with van der Waals surface area (Å²) in [7, 11) is -2.56. The van der Waals surface area contributed by atoms with Crippen LogP contribution in [0.25, 0.3) is 0 Å². The number of nitrogens with one attached hydrogen (secondary N) is 3.